The first kappa shape index (κ1) is 12.4. The highest BCUT2D eigenvalue weighted by atomic mass is 15.1. The lowest BCUT2D eigenvalue weighted by atomic mass is 10.0. The van der Waals surface area contributed by atoms with Gasteiger partial charge in [0.2, 0.25) is 0 Å². The molecule has 2 nitrogen and oxygen atoms in total. The van der Waals surface area contributed by atoms with E-state index in [0.29, 0.717) is 0 Å². The third kappa shape index (κ3) is 4.42. The van der Waals surface area contributed by atoms with Crippen molar-refractivity contribution in [2.75, 3.05) is 32.7 Å². The summed E-state index contributed by atoms with van der Waals surface area (Å²) in [6, 6.07) is 0. The molecule has 1 atom stereocenters. The molecule has 2 rings (SSSR count). The monoisotopic (exact) mass is 224 g/mol. The van der Waals surface area contributed by atoms with Crippen LogP contribution in [0, 0.1) is 5.92 Å². The lowest BCUT2D eigenvalue weighted by Crippen LogP contribution is -2.28. The first-order chi connectivity index (χ1) is 7.95. The molecule has 2 aliphatic rings. The van der Waals surface area contributed by atoms with Gasteiger partial charge in [0.25, 0.3) is 0 Å². The van der Waals surface area contributed by atoms with Crippen molar-refractivity contribution < 1.29 is 0 Å². The highest BCUT2D eigenvalue weighted by molar-refractivity contribution is 4.72. The van der Waals surface area contributed by atoms with E-state index in [4.69, 9.17) is 0 Å². The predicted octanol–water partition coefficient (Wildman–Crippen LogP) is 2.64. The topological polar surface area (TPSA) is 15.3 Å². The van der Waals surface area contributed by atoms with Crippen LogP contribution >= 0.6 is 0 Å². The molecule has 1 N–H and O–H groups in total. The zero-order valence-electron chi connectivity index (χ0n) is 10.7. The average Bonchev–Trinajstić information content (AvgIpc) is 2.73. The van der Waals surface area contributed by atoms with Gasteiger partial charge in [0.15, 0.2) is 0 Å². The maximum absolute atomic E-state index is 3.47. The molecule has 94 valence electrons. The Morgan fingerprint density at radius 1 is 1.00 bits per heavy atom. The summed E-state index contributed by atoms with van der Waals surface area (Å²) < 4.78 is 0. The summed E-state index contributed by atoms with van der Waals surface area (Å²) in [5, 5.41) is 3.47. The number of nitrogens with one attached hydrogen (secondary N) is 1. The smallest absolute Gasteiger partial charge is 0.00186 e. The van der Waals surface area contributed by atoms with Crippen LogP contribution in [-0.4, -0.2) is 37.6 Å². The molecule has 2 heteroatoms. The van der Waals surface area contributed by atoms with Crippen LogP contribution < -0.4 is 5.32 Å². The van der Waals surface area contributed by atoms with E-state index in [1.54, 1.807) is 0 Å². The second-order valence-corrected chi connectivity index (χ2v) is 5.61. The van der Waals surface area contributed by atoms with E-state index >= 15 is 0 Å². The summed E-state index contributed by atoms with van der Waals surface area (Å²) in [6.07, 6.45) is 11.6. The van der Waals surface area contributed by atoms with E-state index in [2.05, 4.69) is 10.2 Å². The number of likely N-dealkylation sites (tertiary alicyclic amines) is 1. The van der Waals surface area contributed by atoms with Crippen LogP contribution in [0.25, 0.3) is 0 Å². The molecular weight excluding hydrogens is 196 g/mol. The van der Waals surface area contributed by atoms with Gasteiger partial charge in [-0.2, -0.15) is 0 Å². The minimum Gasteiger partial charge on any atom is -0.316 e. The molecule has 2 aliphatic heterocycles. The zero-order chi connectivity index (χ0) is 11.1. The van der Waals surface area contributed by atoms with Crippen molar-refractivity contribution in [1.29, 1.82) is 0 Å². The molecule has 2 heterocycles. The van der Waals surface area contributed by atoms with Crippen LogP contribution in [0.5, 0.6) is 0 Å². The molecule has 0 saturated carbocycles. The first-order valence-electron chi connectivity index (χ1n) is 7.38. The Morgan fingerprint density at radius 3 is 2.44 bits per heavy atom. The molecule has 0 aromatic rings. The maximum Gasteiger partial charge on any atom is -0.00186 e. The van der Waals surface area contributed by atoms with E-state index in [-0.39, 0.29) is 0 Å². The molecule has 16 heavy (non-hydrogen) atoms. The Hall–Kier alpha value is -0.0800. The third-order valence-corrected chi connectivity index (χ3v) is 4.20. The highest BCUT2D eigenvalue weighted by Crippen LogP contribution is 2.16. The van der Waals surface area contributed by atoms with Crippen molar-refractivity contribution in [2.24, 2.45) is 5.92 Å². The molecule has 1 unspecified atom stereocenters. The van der Waals surface area contributed by atoms with Gasteiger partial charge in [-0.3, -0.25) is 0 Å². The maximum atomic E-state index is 3.47. The minimum atomic E-state index is 0.981. The molecule has 0 aliphatic carbocycles. The highest BCUT2D eigenvalue weighted by Gasteiger charge is 2.14. The van der Waals surface area contributed by atoms with Gasteiger partial charge in [0.1, 0.15) is 0 Å². The Morgan fingerprint density at radius 2 is 1.75 bits per heavy atom. The molecule has 0 radical (unpaired) electrons. The Labute approximate surface area is 101 Å². The number of hydrogen-bond acceptors (Lipinski definition) is 2. The summed E-state index contributed by atoms with van der Waals surface area (Å²) in [5.74, 6) is 0.981. The molecule has 0 amide bonds. The fourth-order valence-electron chi connectivity index (χ4n) is 3.10. The van der Waals surface area contributed by atoms with Crippen molar-refractivity contribution >= 4 is 0 Å². The van der Waals surface area contributed by atoms with Crippen molar-refractivity contribution in [3.05, 3.63) is 0 Å². The standard InChI is InChI=1S/C14H28N2/c1-2-4-10-16(11-5-3-1)12-6-7-14-8-9-15-13-14/h14-15H,1-13H2. The van der Waals surface area contributed by atoms with Crippen molar-refractivity contribution in [1.82, 2.24) is 10.2 Å². The van der Waals surface area contributed by atoms with Gasteiger partial charge in [-0.1, -0.05) is 19.3 Å². The molecule has 0 bridgehead atoms. The minimum absolute atomic E-state index is 0.981. The van der Waals surface area contributed by atoms with E-state index in [1.165, 1.54) is 84.1 Å². The van der Waals surface area contributed by atoms with Crippen molar-refractivity contribution in [2.45, 2.75) is 51.4 Å². The molecule has 0 aromatic carbocycles. The van der Waals surface area contributed by atoms with Gasteiger partial charge in [-0.15, -0.1) is 0 Å². The van der Waals surface area contributed by atoms with Crippen LogP contribution in [0.2, 0.25) is 0 Å². The van der Waals surface area contributed by atoms with Gasteiger partial charge in [-0.05, 0) is 70.7 Å². The van der Waals surface area contributed by atoms with Gasteiger partial charge >= 0.3 is 0 Å². The largest absolute Gasteiger partial charge is 0.316 e. The number of rotatable bonds is 4. The van der Waals surface area contributed by atoms with Crippen molar-refractivity contribution in [3.63, 3.8) is 0 Å². The fourth-order valence-corrected chi connectivity index (χ4v) is 3.10. The predicted molar refractivity (Wildman–Crippen MR) is 69.7 cm³/mol. The SMILES string of the molecule is C1CCCN(CCCC2CCNC2)CCC1. The number of nitrogens with zero attached hydrogens (tertiary/aromatic N) is 1. The van der Waals surface area contributed by atoms with E-state index < -0.39 is 0 Å². The summed E-state index contributed by atoms with van der Waals surface area (Å²) in [7, 11) is 0. The third-order valence-electron chi connectivity index (χ3n) is 4.20. The number of hydrogen-bond donors (Lipinski definition) is 1. The quantitative estimate of drug-likeness (QED) is 0.790. The van der Waals surface area contributed by atoms with Gasteiger partial charge in [0.05, 0.1) is 0 Å². The van der Waals surface area contributed by atoms with Gasteiger partial charge in [-0.25, -0.2) is 0 Å². The summed E-state index contributed by atoms with van der Waals surface area (Å²) in [5.41, 5.74) is 0. The summed E-state index contributed by atoms with van der Waals surface area (Å²) in [6.45, 7) is 6.62. The molecular formula is C14H28N2. The normalized spacial score (nSPS) is 28.9. The van der Waals surface area contributed by atoms with E-state index in [1.807, 2.05) is 0 Å². The van der Waals surface area contributed by atoms with E-state index in [0.717, 1.165) is 5.92 Å². The van der Waals surface area contributed by atoms with Crippen LogP contribution in [0.4, 0.5) is 0 Å². The second-order valence-electron chi connectivity index (χ2n) is 5.61. The van der Waals surface area contributed by atoms with E-state index in [9.17, 15) is 0 Å². The first-order valence-corrected chi connectivity index (χ1v) is 7.38. The molecule has 0 aromatic heterocycles. The second kappa shape index (κ2) is 7.29. The Bertz CT molecular complexity index is 168. The van der Waals surface area contributed by atoms with Gasteiger partial charge < -0.3 is 10.2 Å². The lowest BCUT2D eigenvalue weighted by molar-refractivity contribution is 0.238. The zero-order valence-corrected chi connectivity index (χ0v) is 10.7. The molecule has 0 spiro atoms. The van der Waals surface area contributed by atoms with Crippen LogP contribution in [-0.2, 0) is 0 Å². The lowest BCUT2D eigenvalue weighted by Gasteiger charge is -2.24. The Kier molecular flexibility index (Phi) is 5.64. The van der Waals surface area contributed by atoms with Crippen molar-refractivity contribution in [3.8, 4) is 0 Å². The van der Waals surface area contributed by atoms with Crippen LogP contribution in [0.1, 0.15) is 51.4 Å². The summed E-state index contributed by atoms with van der Waals surface area (Å²) in [4.78, 5) is 2.71. The van der Waals surface area contributed by atoms with Crippen LogP contribution in [0.15, 0.2) is 0 Å². The molecule has 2 fully saturated rings. The fraction of sp³-hybridized carbons (Fsp3) is 1.00. The molecule has 2 saturated heterocycles. The Balaban J connectivity index is 1.56. The van der Waals surface area contributed by atoms with Crippen LogP contribution in [0.3, 0.4) is 0 Å². The average molecular weight is 224 g/mol. The summed E-state index contributed by atoms with van der Waals surface area (Å²) >= 11 is 0. The van der Waals surface area contributed by atoms with Gasteiger partial charge in [0, 0.05) is 0 Å².